The van der Waals surface area contributed by atoms with Gasteiger partial charge in [-0.1, -0.05) is 26.0 Å². The molecule has 1 atom stereocenters. The van der Waals surface area contributed by atoms with E-state index in [4.69, 9.17) is 9.47 Å². The van der Waals surface area contributed by atoms with Crippen LogP contribution in [0.5, 0.6) is 11.5 Å². The number of benzene rings is 2. The van der Waals surface area contributed by atoms with Crippen LogP contribution in [-0.4, -0.2) is 55.0 Å². The fourth-order valence-electron chi connectivity index (χ4n) is 5.17. The molecule has 0 spiro atoms. The number of hydrogen-bond donors (Lipinski definition) is 1. The molecule has 0 saturated carbocycles. The van der Waals surface area contributed by atoms with Gasteiger partial charge in [0.25, 0.3) is 11.8 Å². The smallest absolute Gasteiger partial charge is 0.425 e. The summed E-state index contributed by atoms with van der Waals surface area (Å²) in [6, 6.07) is 9.12. The monoisotopic (exact) mass is 548 g/mol. The summed E-state index contributed by atoms with van der Waals surface area (Å²) in [6.45, 7) is 3.26. The summed E-state index contributed by atoms with van der Waals surface area (Å²) >= 11 is 0. The highest BCUT2D eigenvalue weighted by Crippen LogP contribution is 2.51. The van der Waals surface area contributed by atoms with Gasteiger partial charge in [-0.3, -0.25) is 14.4 Å². The Kier molecular flexibility index (Phi) is 7.22. The molecule has 0 aromatic heterocycles. The van der Waals surface area contributed by atoms with Crippen molar-refractivity contribution in [3.8, 4) is 11.5 Å². The summed E-state index contributed by atoms with van der Waals surface area (Å²) < 4.78 is 68.6. The number of ether oxygens (including phenoxy) is 2. The second kappa shape index (κ2) is 10.0. The Morgan fingerprint density at radius 2 is 1.64 bits per heavy atom. The average molecular weight is 549 g/mol. The summed E-state index contributed by atoms with van der Waals surface area (Å²) in [5.41, 5.74) is -4.73. The van der Waals surface area contributed by atoms with Crippen LogP contribution in [0.3, 0.4) is 0 Å². The van der Waals surface area contributed by atoms with Crippen molar-refractivity contribution in [3.05, 3.63) is 70.7 Å². The molecular formula is C28H28F4N2O5. The van der Waals surface area contributed by atoms with Gasteiger partial charge in [0.05, 0.1) is 19.8 Å². The van der Waals surface area contributed by atoms with Crippen LogP contribution in [0.25, 0.3) is 0 Å². The fourth-order valence-corrected chi connectivity index (χ4v) is 5.17. The number of halogens is 4. The normalized spacial score (nSPS) is 20.7. The minimum Gasteiger partial charge on any atom is -0.493 e. The number of alkyl halides is 3. The number of ketones is 1. The van der Waals surface area contributed by atoms with Crippen LogP contribution < -0.4 is 14.8 Å². The van der Waals surface area contributed by atoms with Gasteiger partial charge in [-0.15, -0.1) is 0 Å². The quantitative estimate of drug-likeness (QED) is 0.512. The first-order valence-corrected chi connectivity index (χ1v) is 12.2. The Balaban J connectivity index is 1.79. The maximum atomic E-state index is 15.0. The van der Waals surface area contributed by atoms with Crippen LogP contribution in [0.4, 0.5) is 17.6 Å². The first-order valence-electron chi connectivity index (χ1n) is 12.2. The van der Waals surface area contributed by atoms with Crippen LogP contribution in [0.2, 0.25) is 0 Å². The summed E-state index contributed by atoms with van der Waals surface area (Å²) in [7, 11) is 2.66. The maximum absolute atomic E-state index is 15.0. The van der Waals surface area contributed by atoms with E-state index in [2.05, 4.69) is 0 Å². The van der Waals surface area contributed by atoms with E-state index < -0.39 is 46.1 Å². The van der Waals surface area contributed by atoms with Gasteiger partial charge < -0.3 is 19.7 Å². The molecule has 4 rings (SSSR count). The molecule has 2 aromatic rings. The topological polar surface area (TPSA) is 84.9 Å². The van der Waals surface area contributed by atoms with E-state index in [0.29, 0.717) is 5.56 Å². The Labute approximate surface area is 222 Å². The lowest BCUT2D eigenvalue weighted by atomic mass is 9.72. The lowest BCUT2D eigenvalue weighted by Gasteiger charge is -2.35. The van der Waals surface area contributed by atoms with Crippen molar-refractivity contribution in [1.29, 1.82) is 0 Å². The summed E-state index contributed by atoms with van der Waals surface area (Å²) in [5.74, 6) is -3.66. The van der Waals surface area contributed by atoms with Crippen LogP contribution in [0.15, 0.2) is 53.7 Å². The highest BCUT2D eigenvalue weighted by molar-refractivity contribution is 6.14. The van der Waals surface area contributed by atoms with Gasteiger partial charge in [0.1, 0.15) is 5.82 Å². The zero-order valence-electron chi connectivity index (χ0n) is 21.9. The lowest BCUT2D eigenvalue weighted by Crippen LogP contribution is -2.66. The Bertz CT molecular complexity index is 1350. The molecule has 2 amide bonds. The van der Waals surface area contributed by atoms with Crippen molar-refractivity contribution in [2.24, 2.45) is 5.41 Å². The molecule has 2 aromatic carbocycles. The predicted molar refractivity (Wildman–Crippen MR) is 133 cm³/mol. The third-order valence-corrected chi connectivity index (χ3v) is 7.03. The molecule has 2 aliphatic rings. The van der Waals surface area contributed by atoms with Gasteiger partial charge in [-0.2, -0.15) is 13.2 Å². The minimum atomic E-state index is -5.33. The molecule has 1 aliphatic carbocycles. The third-order valence-electron chi connectivity index (χ3n) is 7.03. The van der Waals surface area contributed by atoms with Gasteiger partial charge in [0.2, 0.25) is 5.54 Å². The molecule has 208 valence electrons. The number of amides is 2. The van der Waals surface area contributed by atoms with Crippen LogP contribution in [0.1, 0.15) is 42.6 Å². The highest BCUT2D eigenvalue weighted by atomic mass is 19.4. The van der Waals surface area contributed by atoms with E-state index in [1.807, 2.05) is 5.32 Å². The molecule has 1 N–H and O–H groups in total. The van der Waals surface area contributed by atoms with E-state index in [9.17, 15) is 31.9 Å². The Morgan fingerprint density at radius 1 is 1.00 bits per heavy atom. The van der Waals surface area contributed by atoms with Crippen molar-refractivity contribution >= 4 is 17.6 Å². The summed E-state index contributed by atoms with van der Waals surface area (Å²) in [6.07, 6.45) is -5.43. The van der Waals surface area contributed by atoms with Gasteiger partial charge in [0.15, 0.2) is 17.3 Å². The first kappa shape index (κ1) is 28.1. The number of carbonyl (C=O) groups excluding carboxylic acids is 3. The highest BCUT2D eigenvalue weighted by Gasteiger charge is 2.71. The molecule has 39 heavy (non-hydrogen) atoms. The third kappa shape index (κ3) is 4.97. The maximum Gasteiger partial charge on any atom is 0.425 e. The molecule has 7 nitrogen and oxygen atoms in total. The number of rotatable bonds is 7. The molecule has 0 saturated heterocycles. The average Bonchev–Trinajstić information content (AvgIpc) is 3.10. The van der Waals surface area contributed by atoms with Gasteiger partial charge in [-0.05, 0) is 54.2 Å². The summed E-state index contributed by atoms with van der Waals surface area (Å²) in [4.78, 5) is 41.2. The number of allylic oxidation sites excluding steroid dienone is 1. The zero-order chi connectivity index (χ0) is 28.8. The molecule has 0 fully saturated rings. The van der Waals surface area contributed by atoms with Crippen molar-refractivity contribution in [1.82, 2.24) is 10.2 Å². The molecule has 11 heteroatoms. The summed E-state index contributed by atoms with van der Waals surface area (Å²) in [5, 5.41) is 1.90. The molecular weight excluding hydrogens is 520 g/mol. The standard InChI is InChI=1S/C28H28F4N2O5/c1-26(2)14-19-23(20(35)15-26)27(28(30,31)32,25(37)34(19)12-11-16-5-8-18(29)9-6-16)33-24(36)17-7-10-21(38-3)22(13-17)39-4/h5-10,13H,11-12,14-15H2,1-4H3,(H,33,36)/t27-/m0/s1. The molecule has 1 aliphatic heterocycles. The minimum absolute atomic E-state index is 0.0211. The van der Waals surface area contributed by atoms with Gasteiger partial charge in [-0.25, -0.2) is 4.39 Å². The largest absolute Gasteiger partial charge is 0.493 e. The Hall–Kier alpha value is -3.89. The van der Waals surface area contributed by atoms with E-state index in [1.165, 1.54) is 56.7 Å². The van der Waals surface area contributed by atoms with Crippen molar-refractivity contribution < 1.29 is 41.4 Å². The number of nitrogens with zero attached hydrogens (tertiary/aromatic N) is 1. The number of Topliss-reactive ketones (excluding diaryl/α,β-unsaturated/α-hetero) is 1. The van der Waals surface area contributed by atoms with E-state index in [-0.39, 0.29) is 48.6 Å². The van der Waals surface area contributed by atoms with Crippen LogP contribution in [0, 0.1) is 11.2 Å². The number of hydrogen-bond acceptors (Lipinski definition) is 5. The Morgan fingerprint density at radius 3 is 2.23 bits per heavy atom. The molecule has 0 unspecified atom stereocenters. The van der Waals surface area contributed by atoms with Gasteiger partial charge >= 0.3 is 6.18 Å². The zero-order valence-corrected chi connectivity index (χ0v) is 21.9. The second-order valence-corrected chi connectivity index (χ2v) is 10.4. The fraction of sp³-hybridized carbons (Fsp3) is 0.393. The van der Waals surface area contributed by atoms with Crippen molar-refractivity contribution in [3.63, 3.8) is 0 Å². The number of nitrogens with one attached hydrogen (secondary N) is 1. The van der Waals surface area contributed by atoms with Crippen LogP contribution in [-0.2, 0) is 16.0 Å². The number of carbonyl (C=O) groups is 3. The van der Waals surface area contributed by atoms with Crippen molar-refractivity contribution in [2.75, 3.05) is 20.8 Å². The van der Waals surface area contributed by atoms with E-state index in [0.717, 1.165) is 4.90 Å². The predicted octanol–water partition coefficient (Wildman–Crippen LogP) is 4.60. The van der Waals surface area contributed by atoms with Crippen LogP contribution >= 0.6 is 0 Å². The lowest BCUT2D eigenvalue weighted by molar-refractivity contribution is -0.190. The van der Waals surface area contributed by atoms with Crippen molar-refractivity contribution in [2.45, 2.75) is 44.8 Å². The molecule has 0 radical (unpaired) electrons. The van der Waals surface area contributed by atoms with E-state index >= 15 is 0 Å². The molecule has 1 heterocycles. The van der Waals surface area contributed by atoms with Gasteiger partial charge in [0, 0.05) is 24.2 Å². The second-order valence-electron chi connectivity index (χ2n) is 10.4. The van der Waals surface area contributed by atoms with E-state index in [1.54, 1.807) is 13.8 Å². The first-order chi connectivity index (χ1) is 18.2. The SMILES string of the molecule is COc1ccc(C(=O)N[C@]2(C(F)(F)F)C(=O)N(CCc3ccc(F)cc3)C3=C2C(=O)CC(C)(C)C3)cc1OC. The molecule has 0 bridgehead atoms. The number of methoxy groups -OCH3 is 2.